The molecule has 2 rings (SSSR count). The highest BCUT2D eigenvalue weighted by atomic mass is 15.1. The normalized spacial score (nSPS) is 29.8. The van der Waals surface area contributed by atoms with Crippen LogP contribution < -0.4 is 0 Å². The second-order valence-electron chi connectivity index (χ2n) is 5.89. The molecule has 0 N–H and O–H groups in total. The summed E-state index contributed by atoms with van der Waals surface area (Å²) in [6.07, 6.45) is 12.6. The molecule has 0 unspecified atom stereocenters. The first-order chi connectivity index (χ1) is 7.60. The second kappa shape index (κ2) is 4.65. The van der Waals surface area contributed by atoms with Gasteiger partial charge in [0, 0.05) is 13.1 Å². The zero-order valence-corrected chi connectivity index (χ0v) is 11.0. The van der Waals surface area contributed by atoms with Crippen LogP contribution in [0.2, 0.25) is 0 Å². The summed E-state index contributed by atoms with van der Waals surface area (Å²) in [5.74, 6) is 0.703. The Bertz CT molecular complexity index is 293. The molecule has 1 heterocycles. The summed E-state index contributed by atoms with van der Waals surface area (Å²) in [6, 6.07) is 0. The van der Waals surface area contributed by atoms with Crippen LogP contribution in [0.5, 0.6) is 0 Å². The number of hydrogen-bond acceptors (Lipinski definition) is 1. The summed E-state index contributed by atoms with van der Waals surface area (Å²) in [5.41, 5.74) is 1.92. The maximum atomic E-state index is 2.49. The zero-order chi connectivity index (χ0) is 11.6. The van der Waals surface area contributed by atoms with E-state index in [1.165, 1.54) is 38.8 Å². The summed E-state index contributed by atoms with van der Waals surface area (Å²) >= 11 is 0. The topological polar surface area (TPSA) is 3.24 Å². The molecule has 1 heteroatoms. The Hall–Kier alpha value is -0.720. The third kappa shape index (κ3) is 2.34. The maximum absolute atomic E-state index is 2.49. The average Bonchev–Trinajstić information content (AvgIpc) is 2.53. The van der Waals surface area contributed by atoms with Gasteiger partial charge in [0.25, 0.3) is 0 Å². The summed E-state index contributed by atoms with van der Waals surface area (Å²) < 4.78 is 0. The van der Waals surface area contributed by atoms with Crippen LogP contribution in [-0.2, 0) is 0 Å². The van der Waals surface area contributed by atoms with Crippen molar-refractivity contribution in [1.82, 2.24) is 4.90 Å². The summed E-state index contributed by atoms with van der Waals surface area (Å²) in [5, 5.41) is 0. The van der Waals surface area contributed by atoms with Gasteiger partial charge in [0.1, 0.15) is 0 Å². The van der Waals surface area contributed by atoms with Gasteiger partial charge in [-0.25, -0.2) is 0 Å². The lowest BCUT2D eigenvalue weighted by Gasteiger charge is -2.29. The molecule has 0 spiro atoms. The Kier molecular flexibility index (Phi) is 3.41. The molecule has 1 aliphatic heterocycles. The van der Waals surface area contributed by atoms with Gasteiger partial charge in [0.15, 0.2) is 0 Å². The molecule has 16 heavy (non-hydrogen) atoms. The van der Waals surface area contributed by atoms with E-state index in [1.54, 1.807) is 5.57 Å². The maximum Gasteiger partial charge on any atom is 0.0172 e. The van der Waals surface area contributed by atoms with Crippen LogP contribution in [0.1, 0.15) is 46.5 Å². The van der Waals surface area contributed by atoms with Crippen LogP contribution in [-0.4, -0.2) is 18.0 Å². The molecule has 90 valence electrons. The summed E-state index contributed by atoms with van der Waals surface area (Å²) in [7, 11) is 0. The van der Waals surface area contributed by atoms with Crippen molar-refractivity contribution in [2.75, 3.05) is 13.1 Å². The van der Waals surface area contributed by atoms with Crippen LogP contribution in [0.4, 0.5) is 0 Å². The molecular formula is C15H25N. The van der Waals surface area contributed by atoms with Gasteiger partial charge >= 0.3 is 0 Å². The molecule has 0 saturated carbocycles. The van der Waals surface area contributed by atoms with E-state index in [1.807, 2.05) is 0 Å². The van der Waals surface area contributed by atoms with Gasteiger partial charge in [-0.3, -0.25) is 0 Å². The van der Waals surface area contributed by atoms with Crippen molar-refractivity contribution < 1.29 is 0 Å². The van der Waals surface area contributed by atoms with Gasteiger partial charge in [0.2, 0.25) is 0 Å². The van der Waals surface area contributed by atoms with Crippen molar-refractivity contribution in [2.24, 2.45) is 11.3 Å². The molecule has 1 nitrogen and oxygen atoms in total. The average molecular weight is 219 g/mol. The number of likely N-dealkylation sites (tertiary alicyclic amines) is 1. The van der Waals surface area contributed by atoms with Crippen LogP contribution >= 0.6 is 0 Å². The first-order valence-corrected chi connectivity index (χ1v) is 6.70. The number of rotatable bonds is 2. The minimum Gasteiger partial charge on any atom is -0.378 e. The van der Waals surface area contributed by atoms with Gasteiger partial charge in [-0.15, -0.1) is 0 Å². The van der Waals surface area contributed by atoms with Crippen LogP contribution in [0, 0.1) is 11.3 Å². The van der Waals surface area contributed by atoms with Gasteiger partial charge in [0.05, 0.1) is 0 Å². The third-order valence-corrected chi connectivity index (χ3v) is 4.54. The highest BCUT2D eigenvalue weighted by molar-refractivity contribution is 5.21. The molecule has 0 aromatic rings. The predicted octanol–water partition coefficient (Wildman–Crippen LogP) is 3.98. The van der Waals surface area contributed by atoms with Crippen LogP contribution in [0.25, 0.3) is 0 Å². The van der Waals surface area contributed by atoms with Crippen molar-refractivity contribution in [3.8, 4) is 0 Å². The van der Waals surface area contributed by atoms with E-state index in [0.717, 1.165) is 0 Å². The molecule has 0 radical (unpaired) electrons. The Morgan fingerprint density at radius 3 is 2.50 bits per heavy atom. The number of allylic oxidation sites excluding steroid dienone is 3. The fourth-order valence-corrected chi connectivity index (χ4v) is 2.77. The first-order valence-electron chi connectivity index (χ1n) is 6.70. The molecular weight excluding hydrogens is 194 g/mol. The number of piperidine rings is 1. The van der Waals surface area contributed by atoms with Gasteiger partial charge < -0.3 is 4.90 Å². The van der Waals surface area contributed by atoms with Crippen LogP contribution in [0.3, 0.4) is 0 Å². The van der Waals surface area contributed by atoms with Crippen molar-refractivity contribution in [1.29, 1.82) is 0 Å². The lowest BCUT2D eigenvalue weighted by molar-refractivity contribution is 0.299. The van der Waals surface area contributed by atoms with E-state index in [-0.39, 0.29) is 0 Å². The smallest absolute Gasteiger partial charge is 0.0172 e. The first kappa shape index (κ1) is 11.8. The van der Waals surface area contributed by atoms with Gasteiger partial charge in [-0.1, -0.05) is 31.6 Å². The second-order valence-corrected chi connectivity index (χ2v) is 5.89. The van der Waals surface area contributed by atoms with E-state index < -0.39 is 0 Å². The van der Waals surface area contributed by atoms with Crippen molar-refractivity contribution in [2.45, 2.75) is 46.5 Å². The van der Waals surface area contributed by atoms with E-state index in [9.17, 15) is 0 Å². The van der Waals surface area contributed by atoms with E-state index in [0.29, 0.717) is 11.3 Å². The molecule has 1 atom stereocenters. The van der Waals surface area contributed by atoms with Crippen molar-refractivity contribution in [3.05, 3.63) is 23.9 Å². The largest absolute Gasteiger partial charge is 0.378 e. The van der Waals surface area contributed by atoms with Gasteiger partial charge in [-0.05, 0) is 50.1 Å². The van der Waals surface area contributed by atoms with E-state index in [4.69, 9.17) is 0 Å². The SMILES string of the molecule is CC1=CC[C@@H](/C=C/N2CCCCC2)C1(C)C. The Balaban J connectivity index is 1.92. The van der Waals surface area contributed by atoms with E-state index in [2.05, 4.69) is 44.0 Å². The Labute approximate surface area is 100 Å². The lowest BCUT2D eigenvalue weighted by atomic mass is 9.78. The molecule has 2 aliphatic rings. The molecule has 0 bridgehead atoms. The standard InChI is InChI=1S/C15H25N/c1-13-7-8-14(15(13,2)3)9-12-16-10-5-4-6-11-16/h7,9,12,14H,4-6,8,10-11H2,1-3H3/b12-9+/t14-/m0/s1. The van der Waals surface area contributed by atoms with E-state index >= 15 is 0 Å². The molecule has 1 saturated heterocycles. The molecule has 1 aliphatic carbocycles. The van der Waals surface area contributed by atoms with Crippen molar-refractivity contribution >= 4 is 0 Å². The van der Waals surface area contributed by atoms with Crippen LogP contribution in [0.15, 0.2) is 23.9 Å². The summed E-state index contributed by atoms with van der Waals surface area (Å²) in [6.45, 7) is 9.54. The molecule has 0 aromatic heterocycles. The van der Waals surface area contributed by atoms with Crippen molar-refractivity contribution in [3.63, 3.8) is 0 Å². The Morgan fingerprint density at radius 1 is 1.25 bits per heavy atom. The number of hydrogen-bond donors (Lipinski definition) is 0. The molecule has 0 amide bonds. The fourth-order valence-electron chi connectivity index (χ4n) is 2.77. The monoisotopic (exact) mass is 219 g/mol. The molecule has 0 aromatic carbocycles. The molecule has 1 fully saturated rings. The zero-order valence-electron chi connectivity index (χ0n) is 11.0. The minimum absolute atomic E-state index is 0.367. The Morgan fingerprint density at radius 2 is 1.94 bits per heavy atom. The highest BCUT2D eigenvalue weighted by Gasteiger charge is 2.33. The van der Waals surface area contributed by atoms with Gasteiger partial charge in [-0.2, -0.15) is 0 Å². The fraction of sp³-hybridized carbons (Fsp3) is 0.733. The highest BCUT2D eigenvalue weighted by Crippen LogP contribution is 2.43. The third-order valence-electron chi connectivity index (χ3n) is 4.54. The predicted molar refractivity (Wildman–Crippen MR) is 70.2 cm³/mol. The lowest BCUT2D eigenvalue weighted by Crippen LogP contribution is -2.25. The minimum atomic E-state index is 0.367. The number of nitrogens with zero attached hydrogens (tertiary/aromatic N) is 1. The summed E-state index contributed by atoms with van der Waals surface area (Å²) in [4.78, 5) is 2.49. The quantitative estimate of drug-likeness (QED) is 0.635.